The van der Waals surface area contributed by atoms with E-state index in [0.29, 0.717) is 18.1 Å². The minimum absolute atomic E-state index is 0.157. The van der Waals surface area contributed by atoms with Gasteiger partial charge in [0.2, 0.25) is 0 Å². The van der Waals surface area contributed by atoms with Crippen molar-refractivity contribution in [1.29, 1.82) is 0 Å². The van der Waals surface area contributed by atoms with Crippen LogP contribution in [-0.2, 0) is 6.42 Å². The molecule has 1 aromatic carbocycles. The smallest absolute Gasteiger partial charge is 0.118 e. The number of phenolic OH excluding ortho intramolecular Hbond substituents is 1. The molecule has 0 bridgehead atoms. The summed E-state index contributed by atoms with van der Waals surface area (Å²) < 4.78 is 0. The molecule has 0 spiro atoms. The molecule has 0 aromatic heterocycles. The van der Waals surface area contributed by atoms with Gasteiger partial charge in [0, 0.05) is 6.61 Å². The van der Waals surface area contributed by atoms with Gasteiger partial charge >= 0.3 is 0 Å². The summed E-state index contributed by atoms with van der Waals surface area (Å²) >= 11 is 0. The summed E-state index contributed by atoms with van der Waals surface area (Å²) in [6.45, 7) is 6.21. The van der Waals surface area contributed by atoms with E-state index in [-0.39, 0.29) is 6.61 Å². The van der Waals surface area contributed by atoms with Gasteiger partial charge in [0.15, 0.2) is 0 Å². The van der Waals surface area contributed by atoms with E-state index < -0.39 is 0 Å². The van der Waals surface area contributed by atoms with Gasteiger partial charge in [0.1, 0.15) is 5.75 Å². The molecule has 0 unspecified atom stereocenters. The Morgan fingerprint density at radius 3 is 2.43 bits per heavy atom. The Bertz CT molecular complexity index is 316. The maximum absolute atomic E-state index is 9.58. The van der Waals surface area contributed by atoms with Gasteiger partial charge in [0.25, 0.3) is 0 Å². The van der Waals surface area contributed by atoms with Gasteiger partial charge in [-0.3, -0.25) is 0 Å². The molecule has 78 valence electrons. The summed E-state index contributed by atoms with van der Waals surface area (Å²) in [4.78, 5) is 0. The normalized spacial score (nSPS) is 10.9. The highest BCUT2D eigenvalue weighted by Crippen LogP contribution is 2.27. The van der Waals surface area contributed by atoms with Crippen LogP contribution >= 0.6 is 0 Å². The average Bonchev–Trinajstić information content (AvgIpc) is 2.11. The second kappa shape index (κ2) is 4.47. The summed E-state index contributed by atoms with van der Waals surface area (Å²) in [6.07, 6.45) is 0.661. The quantitative estimate of drug-likeness (QED) is 0.775. The number of hydrogen-bond donors (Lipinski definition) is 2. The van der Waals surface area contributed by atoms with Crippen LogP contribution in [0.3, 0.4) is 0 Å². The monoisotopic (exact) mass is 194 g/mol. The van der Waals surface area contributed by atoms with E-state index >= 15 is 0 Å². The van der Waals surface area contributed by atoms with Crippen LogP contribution in [0.2, 0.25) is 0 Å². The lowest BCUT2D eigenvalue weighted by Crippen LogP contribution is -2.00. The number of aliphatic hydroxyl groups is 1. The van der Waals surface area contributed by atoms with E-state index in [1.54, 1.807) is 0 Å². The maximum Gasteiger partial charge on any atom is 0.118 e. The summed E-state index contributed by atoms with van der Waals surface area (Å²) in [5, 5.41) is 18.5. The third-order valence-electron chi connectivity index (χ3n) is 2.46. The van der Waals surface area contributed by atoms with E-state index in [1.807, 2.05) is 19.1 Å². The second-order valence-corrected chi connectivity index (χ2v) is 3.97. The Balaban J connectivity index is 3.17. The Morgan fingerprint density at radius 2 is 1.93 bits per heavy atom. The van der Waals surface area contributed by atoms with Crippen LogP contribution in [0.5, 0.6) is 5.75 Å². The molecule has 2 heteroatoms. The summed E-state index contributed by atoms with van der Waals surface area (Å²) in [7, 11) is 0. The molecule has 0 aliphatic carbocycles. The van der Waals surface area contributed by atoms with Crippen molar-refractivity contribution in [3.05, 3.63) is 28.8 Å². The highest BCUT2D eigenvalue weighted by Gasteiger charge is 2.09. The van der Waals surface area contributed by atoms with Crippen molar-refractivity contribution >= 4 is 0 Å². The average molecular weight is 194 g/mol. The summed E-state index contributed by atoms with van der Waals surface area (Å²) in [6, 6.07) is 3.77. The van der Waals surface area contributed by atoms with Crippen molar-refractivity contribution in [2.75, 3.05) is 6.61 Å². The maximum atomic E-state index is 9.58. The molecule has 0 fully saturated rings. The number of benzene rings is 1. The zero-order valence-electron chi connectivity index (χ0n) is 9.04. The fraction of sp³-hybridized carbons (Fsp3) is 0.500. The molecule has 0 saturated heterocycles. The number of phenols is 1. The number of aryl methyl sites for hydroxylation is 1. The topological polar surface area (TPSA) is 40.5 Å². The largest absolute Gasteiger partial charge is 0.508 e. The van der Waals surface area contributed by atoms with Gasteiger partial charge in [0.05, 0.1) is 0 Å². The van der Waals surface area contributed by atoms with Crippen molar-refractivity contribution in [2.24, 2.45) is 0 Å². The lowest BCUT2D eigenvalue weighted by atomic mass is 9.93. The Kier molecular flexibility index (Phi) is 3.53. The third kappa shape index (κ3) is 2.26. The molecule has 1 rings (SSSR count). The second-order valence-electron chi connectivity index (χ2n) is 3.97. The predicted octanol–water partition coefficient (Wildman–Crippen LogP) is 2.36. The van der Waals surface area contributed by atoms with Crippen molar-refractivity contribution in [1.82, 2.24) is 0 Å². The Hall–Kier alpha value is -1.02. The number of aromatic hydroxyl groups is 1. The highest BCUT2D eigenvalue weighted by atomic mass is 16.3. The van der Waals surface area contributed by atoms with Crippen LogP contribution in [0.4, 0.5) is 0 Å². The molecule has 1 aromatic rings. The summed E-state index contributed by atoms with van der Waals surface area (Å²) in [5.41, 5.74) is 3.14. The van der Waals surface area contributed by atoms with Crippen molar-refractivity contribution in [2.45, 2.75) is 33.1 Å². The minimum atomic E-state index is 0.157. The van der Waals surface area contributed by atoms with Gasteiger partial charge in [-0.25, -0.2) is 0 Å². The molecule has 0 aliphatic heterocycles. The van der Waals surface area contributed by atoms with Gasteiger partial charge < -0.3 is 10.2 Å². The lowest BCUT2D eigenvalue weighted by Gasteiger charge is -2.14. The van der Waals surface area contributed by atoms with Gasteiger partial charge in [-0.2, -0.15) is 0 Å². The van der Waals surface area contributed by atoms with Crippen LogP contribution in [0.25, 0.3) is 0 Å². The SMILES string of the molecule is Cc1cc(CCO)c(C(C)C)cc1O. The van der Waals surface area contributed by atoms with Crippen LogP contribution in [0.1, 0.15) is 36.5 Å². The molecule has 2 N–H and O–H groups in total. The molecular formula is C12H18O2. The molecule has 0 heterocycles. The minimum Gasteiger partial charge on any atom is -0.508 e. The molecule has 0 atom stereocenters. The third-order valence-corrected chi connectivity index (χ3v) is 2.46. The predicted molar refractivity (Wildman–Crippen MR) is 57.7 cm³/mol. The van der Waals surface area contributed by atoms with E-state index in [4.69, 9.17) is 5.11 Å². The first-order valence-electron chi connectivity index (χ1n) is 4.99. The van der Waals surface area contributed by atoms with Gasteiger partial charge in [-0.1, -0.05) is 19.9 Å². The van der Waals surface area contributed by atoms with Gasteiger partial charge in [-0.05, 0) is 42.0 Å². The fourth-order valence-corrected chi connectivity index (χ4v) is 1.65. The Labute approximate surface area is 85.2 Å². The first-order chi connectivity index (χ1) is 6.56. The van der Waals surface area contributed by atoms with Crippen LogP contribution in [-0.4, -0.2) is 16.8 Å². The van der Waals surface area contributed by atoms with E-state index in [0.717, 1.165) is 16.7 Å². The molecule has 0 radical (unpaired) electrons. The van der Waals surface area contributed by atoms with Crippen LogP contribution in [0.15, 0.2) is 12.1 Å². The van der Waals surface area contributed by atoms with E-state index in [1.165, 1.54) is 0 Å². The highest BCUT2D eigenvalue weighted by molar-refractivity contribution is 5.42. The molecule has 14 heavy (non-hydrogen) atoms. The molecular weight excluding hydrogens is 176 g/mol. The summed E-state index contributed by atoms with van der Waals surface area (Å²) in [5.74, 6) is 0.721. The number of hydrogen-bond acceptors (Lipinski definition) is 2. The fourth-order valence-electron chi connectivity index (χ4n) is 1.65. The molecule has 0 saturated carbocycles. The molecule has 0 aliphatic rings. The number of aliphatic hydroxyl groups excluding tert-OH is 1. The molecule has 0 amide bonds. The van der Waals surface area contributed by atoms with Crippen molar-refractivity contribution < 1.29 is 10.2 Å². The lowest BCUT2D eigenvalue weighted by molar-refractivity contribution is 0.299. The molecule has 2 nitrogen and oxygen atoms in total. The van der Waals surface area contributed by atoms with Crippen LogP contribution in [0, 0.1) is 6.92 Å². The van der Waals surface area contributed by atoms with E-state index in [2.05, 4.69) is 13.8 Å². The van der Waals surface area contributed by atoms with Crippen molar-refractivity contribution in [3.63, 3.8) is 0 Å². The zero-order chi connectivity index (χ0) is 10.7. The van der Waals surface area contributed by atoms with Crippen molar-refractivity contribution in [3.8, 4) is 5.75 Å². The standard InChI is InChI=1S/C12H18O2/c1-8(2)11-7-12(14)9(3)6-10(11)4-5-13/h6-8,13-14H,4-5H2,1-3H3. The number of rotatable bonds is 3. The zero-order valence-corrected chi connectivity index (χ0v) is 9.04. The van der Waals surface area contributed by atoms with E-state index in [9.17, 15) is 5.11 Å². The Morgan fingerprint density at radius 1 is 1.29 bits per heavy atom. The van der Waals surface area contributed by atoms with Crippen LogP contribution < -0.4 is 0 Å². The first kappa shape index (κ1) is 11.1. The van der Waals surface area contributed by atoms with Gasteiger partial charge in [-0.15, -0.1) is 0 Å². The first-order valence-corrected chi connectivity index (χ1v) is 4.99.